The van der Waals surface area contributed by atoms with E-state index in [9.17, 15) is 14.7 Å². The van der Waals surface area contributed by atoms with Crippen molar-refractivity contribution in [2.45, 2.75) is 19.5 Å². The van der Waals surface area contributed by atoms with Gasteiger partial charge in [-0.2, -0.15) is 0 Å². The lowest BCUT2D eigenvalue weighted by Gasteiger charge is -2.28. The summed E-state index contributed by atoms with van der Waals surface area (Å²) in [6.45, 7) is 1.87. The molecule has 0 spiro atoms. The second kappa shape index (κ2) is 7.06. The molecule has 1 atom stereocenters. The predicted molar refractivity (Wildman–Crippen MR) is 91.8 cm³/mol. The van der Waals surface area contributed by atoms with Crippen LogP contribution in [0.1, 0.15) is 17.5 Å². The molecule has 1 saturated heterocycles. The summed E-state index contributed by atoms with van der Waals surface area (Å²) in [6.07, 6.45) is 5.74. The normalized spacial score (nSPS) is 19.7. The number of benzene rings is 1. The summed E-state index contributed by atoms with van der Waals surface area (Å²) in [4.78, 5) is 29.8. The summed E-state index contributed by atoms with van der Waals surface area (Å²) in [5, 5.41) is 12.5. The number of aliphatic carboxylic acids is 1. The van der Waals surface area contributed by atoms with E-state index in [0.717, 1.165) is 17.7 Å². The van der Waals surface area contributed by atoms with Crippen LogP contribution in [0.3, 0.4) is 0 Å². The second-order valence-corrected chi connectivity index (χ2v) is 6.53. The van der Waals surface area contributed by atoms with Gasteiger partial charge in [-0.15, -0.1) is 0 Å². The van der Waals surface area contributed by atoms with E-state index in [4.69, 9.17) is 0 Å². The average Bonchev–Trinajstić information content (AvgIpc) is 3.28. The summed E-state index contributed by atoms with van der Waals surface area (Å²) < 4.78 is 1.98. The lowest BCUT2D eigenvalue weighted by Crippen LogP contribution is -2.48. The van der Waals surface area contributed by atoms with Crippen molar-refractivity contribution in [1.82, 2.24) is 19.8 Å². The van der Waals surface area contributed by atoms with E-state index < -0.39 is 11.4 Å². The van der Waals surface area contributed by atoms with Crippen molar-refractivity contribution in [2.24, 2.45) is 5.41 Å². The van der Waals surface area contributed by atoms with Crippen LogP contribution in [0.4, 0.5) is 0 Å². The molecule has 25 heavy (non-hydrogen) atoms. The third-order valence-corrected chi connectivity index (χ3v) is 4.69. The summed E-state index contributed by atoms with van der Waals surface area (Å²) in [5.41, 5.74) is 0.769. The van der Waals surface area contributed by atoms with Crippen LogP contribution in [0.25, 0.3) is 0 Å². The van der Waals surface area contributed by atoms with Crippen LogP contribution in [0.15, 0.2) is 43.0 Å². The molecule has 1 aromatic carbocycles. The minimum Gasteiger partial charge on any atom is -0.480 e. The topological polar surface area (TPSA) is 87.5 Å². The molecular weight excluding hydrogens is 320 g/mol. The molecule has 7 heteroatoms. The van der Waals surface area contributed by atoms with Crippen LogP contribution in [0.2, 0.25) is 0 Å². The van der Waals surface area contributed by atoms with Crippen LogP contribution in [0.5, 0.6) is 0 Å². The molecule has 132 valence electrons. The zero-order valence-electron chi connectivity index (χ0n) is 14.2. The van der Waals surface area contributed by atoms with E-state index in [1.807, 2.05) is 35.0 Å². The van der Waals surface area contributed by atoms with Gasteiger partial charge in [-0.3, -0.25) is 9.59 Å². The highest BCUT2D eigenvalue weighted by atomic mass is 16.4. The Morgan fingerprint density at radius 1 is 1.32 bits per heavy atom. The molecule has 0 aliphatic carbocycles. The van der Waals surface area contributed by atoms with Gasteiger partial charge in [0.05, 0.1) is 6.33 Å². The maximum atomic E-state index is 12.7. The number of aromatic nitrogens is 2. The molecule has 1 unspecified atom stereocenters. The van der Waals surface area contributed by atoms with Crippen LogP contribution < -0.4 is 5.32 Å². The maximum absolute atomic E-state index is 12.7. The molecular formula is C18H22N4O3. The number of rotatable bonds is 6. The quantitative estimate of drug-likeness (QED) is 0.764. The molecule has 0 saturated carbocycles. The van der Waals surface area contributed by atoms with E-state index in [1.165, 1.54) is 4.90 Å². The molecule has 1 aromatic heterocycles. The van der Waals surface area contributed by atoms with Crippen molar-refractivity contribution in [3.05, 3.63) is 54.1 Å². The third kappa shape index (κ3) is 3.56. The number of carboxylic acids is 1. The number of nitrogens with one attached hydrogen (secondary N) is 1. The molecule has 0 radical (unpaired) electrons. The Morgan fingerprint density at radius 3 is 2.60 bits per heavy atom. The number of imidazole rings is 1. The Kier molecular flexibility index (Phi) is 4.85. The molecule has 2 N–H and O–H groups in total. The molecule has 1 amide bonds. The fraction of sp³-hybridized carbons (Fsp3) is 0.389. The van der Waals surface area contributed by atoms with Gasteiger partial charge in [0.2, 0.25) is 5.91 Å². The van der Waals surface area contributed by atoms with Gasteiger partial charge in [0.1, 0.15) is 0 Å². The zero-order valence-corrected chi connectivity index (χ0v) is 14.2. The Labute approximate surface area is 146 Å². The highest BCUT2D eigenvalue weighted by Gasteiger charge is 2.49. The van der Waals surface area contributed by atoms with Crippen LogP contribution >= 0.6 is 0 Å². The van der Waals surface area contributed by atoms with E-state index >= 15 is 0 Å². The number of hydrogen-bond donors (Lipinski definition) is 2. The molecule has 7 nitrogen and oxygen atoms in total. The van der Waals surface area contributed by atoms with E-state index in [-0.39, 0.29) is 12.5 Å². The lowest BCUT2D eigenvalue weighted by molar-refractivity contribution is -0.159. The van der Waals surface area contributed by atoms with Crippen molar-refractivity contribution < 1.29 is 14.7 Å². The van der Waals surface area contributed by atoms with Crippen molar-refractivity contribution in [3.63, 3.8) is 0 Å². The second-order valence-electron chi connectivity index (χ2n) is 6.53. The Hall–Kier alpha value is -2.67. The molecule has 0 bridgehead atoms. The molecule has 2 heterocycles. The van der Waals surface area contributed by atoms with Gasteiger partial charge >= 0.3 is 5.97 Å². The zero-order chi connectivity index (χ0) is 17.9. The highest BCUT2D eigenvalue weighted by Crippen LogP contribution is 2.28. The number of nitrogens with zero attached hydrogens (tertiary/aromatic N) is 3. The lowest BCUT2D eigenvalue weighted by atomic mass is 9.85. The fourth-order valence-electron chi connectivity index (χ4n) is 3.20. The standard InChI is InChI=1S/C18H22N4O3/c1-21(16(23)18(17(24)25)6-7-19-12-18)10-14-2-4-15(5-3-14)11-22-9-8-20-13-22/h2-5,8-9,13,19H,6-7,10-12H2,1H3,(H,24,25). The molecule has 1 aliphatic rings. The van der Waals surface area contributed by atoms with Crippen molar-refractivity contribution >= 4 is 11.9 Å². The molecule has 1 aliphatic heterocycles. The smallest absolute Gasteiger partial charge is 0.320 e. The number of carboxylic acid groups (broad SMARTS) is 1. The fourth-order valence-corrected chi connectivity index (χ4v) is 3.20. The number of amides is 1. The van der Waals surface area contributed by atoms with Gasteiger partial charge in [-0.25, -0.2) is 4.98 Å². The van der Waals surface area contributed by atoms with E-state index in [2.05, 4.69) is 10.3 Å². The number of carbonyl (C=O) groups is 2. The van der Waals surface area contributed by atoms with Gasteiger partial charge in [0.15, 0.2) is 5.41 Å². The first kappa shape index (κ1) is 17.2. The first-order chi connectivity index (χ1) is 12.0. The summed E-state index contributed by atoms with van der Waals surface area (Å²) in [6, 6.07) is 7.96. The Bertz CT molecular complexity index is 734. The van der Waals surface area contributed by atoms with Gasteiger partial charge in [-0.1, -0.05) is 24.3 Å². The van der Waals surface area contributed by atoms with E-state index in [1.54, 1.807) is 19.6 Å². The first-order valence-electron chi connectivity index (χ1n) is 8.24. The molecule has 3 rings (SSSR count). The number of carbonyl (C=O) groups excluding carboxylic acids is 1. The van der Waals surface area contributed by atoms with Crippen molar-refractivity contribution in [1.29, 1.82) is 0 Å². The predicted octanol–water partition coefficient (Wildman–Crippen LogP) is 0.954. The maximum Gasteiger partial charge on any atom is 0.320 e. The van der Waals surface area contributed by atoms with Crippen molar-refractivity contribution in [3.8, 4) is 0 Å². The SMILES string of the molecule is CN(Cc1ccc(Cn2ccnc2)cc1)C(=O)C1(C(=O)O)CCNC1. The van der Waals surface area contributed by atoms with Crippen LogP contribution in [-0.2, 0) is 22.7 Å². The minimum absolute atomic E-state index is 0.190. The van der Waals surface area contributed by atoms with Crippen molar-refractivity contribution in [2.75, 3.05) is 20.1 Å². The average molecular weight is 342 g/mol. The van der Waals surface area contributed by atoms with Gasteiger partial charge in [-0.05, 0) is 24.1 Å². The van der Waals surface area contributed by atoms with Crippen LogP contribution in [-0.4, -0.2) is 51.6 Å². The minimum atomic E-state index is -1.34. The monoisotopic (exact) mass is 342 g/mol. The summed E-state index contributed by atoms with van der Waals surface area (Å²) >= 11 is 0. The Morgan fingerprint density at radius 2 is 2.04 bits per heavy atom. The van der Waals surface area contributed by atoms with Gasteiger partial charge in [0, 0.05) is 39.1 Å². The largest absolute Gasteiger partial charge is 0.480 e. The Balaban J connectivity index is 1.65. The molecule has 2 aromatic rings. The van der Waals surface area contributed by atoms with Gasteiger partial charge in [0.25, 0.3) is 0 Å². The van der Waals surface area contributed by atoms with Crippen LogP contribution in [0, 0.1) is 5.41 Å². The van der Waals surface area contributed by atoms with Gasteiger partial charge < -0.3 is 19.9 Å². The third-order valence-electron chi connectivity index (χ3n) is 4.69. The highest BCUT2D eigenvalue weighted by molar-refractivity contribution is 6.02. The summed E-state index contributed by atoms with van der Waals surface area (Å²) in [7, 11) is 1.66. The first-order valence-corrected chi connectivity index (χ1v) is 8.24. The molecule has 1 fully saturated rings. The number of hydrogen-bond acceptors (Lipinski definition) is 4. The van der Waals surface area contributed by atoms with E-state index in [0.29, 0.717) is 19.5 Å². The summed E-state index contributed by atoms with van der Waals surface area (Å²) in [5.74, 6) is -1.39.